The molecule has 0 aliphatic carbocycles. The van der Waals surface area contributed by atoms with Crippen molar-refractivity contribution in [1.82, 2.24) is 24.7 Å². The summed E-state index contributed by atoms with van der Waals surface area (Å²) in [7, 11) is 0. The second-order valence-electron chi connectivity index (χ2n) is 6.82. The third kappa shape index (κ3) is 3.12. The van der Waals surface area contributed by atoms with Crippen molar-refractivity contribution in [3.8, 4) is 11.9 Å². The zero-order valence-electron chi connectivity index (χ0n) is 15.7. The van der Waals surface area contributed by atoms with E-state index in [9.17, 15) is 5.26 Å². The number of hydrogen-bond acceptors (Lipinski definition) is 7. The van der Waals surface area contributed by atoms with Gasteiger partial charge in [-0.3, -0.25) is 0 Å². The Morgan fingerprint density at radius 2 is 1.72 bits per heavy atom. The molecule has 0 spiro atoms. The Labute approximate surface area is 167 Å². The molecular formula is C21H18N8. The van der Waals surface area contributed by atoms with Gasteiger partial charge in [0.1, 0.15) is 11.6 Å². The van der Waals surface area contributed by atoms with Crippen LogP contribution in [0.3, 0.4) is 0 Å². The maximum absolute atomic E-state index is 9.60. The van der Waals surface area contributed by atoms with Crippen LogP contribution in [0.4, 0.5) is 17.5 Å². The lowest BCUT2D eigenvalue weighted by Gasteiger charge is -2.21. The number of nitrogens with one attached hydrogen (secondary N) is 1. The van der Waals surface area contributed by atoms with E-state index in [4.69, 9.17) is 9.97 Å². The van der Waals surface area contributed by atoms with Gasteiger partial charge >= 0.3 is 0 Å². The predicted molar refractivity (Wildman–Crippen MR) is 110 cm³/mol. The van der Waals surface area contributed by atoms with Crippen LogP contribution < -0.4 is 10.2 Å². The van der Waals surface area contributed by atoms with Gasteiger partial charge in [0.2, 0.25) is 0 Å². The van der Waals surface area contributed by atoms with Gasteiger partial charge in [-0.05, 0) is 37.1 Å². The minimum absolute atomic E-state index is 0.415. The van der Waals surface area contributed by atoms with Crippen molar-refractivity contribution in [2.24, 2.45) is 0 Å². The molecule has 1 fully saturated rings. The Kier molecular flexibility index (Phi) is 4.26. The van der Waals surface area contributed by atoms with Gasteiger partial charge in [0.25, 0.3) is 0 Å². The number of benzene rings is 1. The lowest BCUT2D eigenvalue weighted by Crippen LogP contribution is -2.21. The molecule has 1 aliphatic rings. The van der Waals surface area contributed by atoms with Gasteiger partial charge in [-0.1, -0.05) is 18.2 Å². The molecule has 0 radical (unpaired) electrons. The van der Waals surface area contributed by atoms with Gasteiger partial charge in [0.05, 0.1) is 17.2 Å². The molecule has 4 aromatic rings. The first-order chi connectivity index (χ1) is 14.3. The highest BCUT2D eigenvalue weighted by Crippen LogP contribution is 2.31. The second kappa shape index (κ2) is 7.20. The first kappa shape index (κ1) is 17.1. The van der Waals surface area contributed by atoms with Gasteiger partial charge in [0, 0.05) is 19.3 Å². The van der Waals surface area contributed by atoms with Gasteiger partial charge in [-0.2, -0.15) is 15.0 Å². The van der Waals surface area contributed by atoms with E-state index in [1.165, 1.54) is 6.20 Å². The second-order valence-corrected chi connectivity index (χ2v) is 6.82. The van der Waals surface area contributed by atoms with Crippen molar-refractivity contribution in [1.29, 1.82) is 5.26 Å². The van der Waals surface area contributed by atoms with Crippen molar-refractivity contribution in [2.75, 3.05) is 23.3 Å². The van der Waals surface area contributed by atoms with Gasteiger partial charge in [-0.15, -0.1) is 0 Å². The highest BCUT2D eigenvalue weighted by Gasteiger charge is 2.22. The summed E-state index contributed by atoms with van der Waals surface area (Å²) in [5.74, 6) is 2.54. The highest BCUT2D eigenvalue weighted by molar-refractivity contribution is 5.82. The van der Waals surface area contributed by atoms with Crippen molar-refractivity contribution in [3.63, 3.8) is 0 Å². The molecule has 1 N–H and O–H groups in total. The van der Waals surface area contributed by atoms with Crippen LogP contribution in [0.5, 0.6) is 0 Å². The summed E-state index contributed by atoms with van der Waals surface area (Å²) < 4.78 is 1.61. The molecule has 0 saturated carbocycles. The van der Waals surface area contributed by atoms with Crippen LogP contribution in [0, 0.1) is 11.3 Å². The molecule has 3 aromatic heterocycles. The number of pyridine rings is 1. The maximum Gasteiger partial charge on any atom is 0.175 e. The van der Waals surface area contributed by atoms with Crippen molar-refractivity contribution in [2.45, 2.75) is 12.8 Å². The minimum atomic E-state index is 0.415. The van der Waals surface area contributed by atoms with Crippen LogP contribution in [0.1, 0.15) is 18.4 Å². The number of hydrogen-bond donors (Lipinski definition) is 1. The van der Waals surface area contributed by atoms with E-state index in [1.807, 2.05) is 42.5 Å². The first-order valence-corrected chi connectivity index (χ1v) is 9.52. The fraction of sp³-hybridized carbons (Fsp3) is 0.190. The van der Waals surface area contributed by atoms with Gasteiger partial charge in [0.15, 0.2) is 23.3 Å². The third-order valence-electron chi connectivity index (χ3n) is 4.95. The molecule has 0 atom stereocenters. The Morgan fingerprint density at radius 3 is 2.45 bits per heavy atom. The van der Waals surface area contributed by atoms with Crippen LogP contribution >= 0.6 is 0 Å². The summed E-state index contributed by atoms with van der Waals surface area (Å²) >= 11 is 0. The van der Waals surface area contributed by atoms with Gasteiger partial charge < -0.3 is 10.2 Å². The van der Waals surface area contributed by atoms with Crippen LogP contribution in [0.2, 0.25) is 0 Å². The molecule has 5 rings (SSSR count). The summed E-state index contributed by atoms with van der Waals surface area (Å²) in [6.07, 6.45) is 5.48. The summed E-state index contributed by atoms with van der Waals surface area (Å²) in [6.45, 7) is 1.87. The quantitative estimate of drug-likeness (QED) is 0.578. The Balaban J connectivity index is 1.65. The summed E-state index contributed by atoms with van der Waals surface area (Å²) in [6, 6.07) is 15.6. The number of nitriles is 1. The number of fused-ring (bicyclic) bond motifs is 1. The zero-order valence-corrected chi connectivity index (χ0v) is 15.7. The normalized spacial score (nSPS) is 13.6. The molecule has 8 heteroatoms. The van der Waals surface area contributed by atoms with E-state index < -0.39 is 0 Å². The van der Waals surface area contributed by atoms with E-state index in [0.717, 1.165) is 42.8 Å². The molecule has 1 aromatic carbocycles. The molecule has 1 aliphatic heterocycles. The molecule has 0 amide bonds. The van der Waals surface area contributed by atoms with Crippen molar-refractivity contribution < 1.29 is 0 Å². The van der Waals surface area contributed by atoms with Crippen LogP contribution in [0.15, 0.2) is 54.9 Å². The van der Waals surface area contributed by atoms with E-state index in [2.05, 4.69) is 26.4 Å². The smallest absolute Gasteiger partial charge is 0.175 e. The SMILES string of the molecule is N#Cc1cnn(-c2ccccn2)c1Nc1nc2ccccc2nc1N1CCCC1. The Morgan fingerprint density at radius 1 is 0.966 bits per heavy atom. The average Bonchev–Trinajstić information content (AvgIpc) is 3.44. The third-order valence-corrected chi connectivity index (χ3v) is 4.95. The topological polar surface area (TPSA) is 95.5 Å². The van der Waals surface area contributed by atoms with E-state index in [-0.39, 0.29) is 0 Å². The van der Waals surface area contributed by atoms with E-state index in [0.29, 0.717) is 23.0 Å². The molecule has 142 valence electrons. The largest absolute Gasteiger partial charge is 0.354 e. The zero-order chi connectivity index (χ0) is 19.6. The maximum atomic E-state index is 9.60. The molecule has 29 heavy (non-hydrogen) atoms. The summed E-state index contributed by atoms with van der Waals surface area (Å²) in [5, 5.41) is 17.3. The van der Waals surface area contributed by atoms with E-state index >= 15 is 0 Å². The fourth-order valence-corrected chi connectivity index (χ4v) is 3.54. The van der Waals surface area contributed by atoms with Crippen LogP contribution in [0.25, 0.3) is 16.9 Å². The van der Waals surface area contributed by atoms with Crippen molar-refractivity contribution in [3.05, 3.63) is 60.4 Å². The standard InChI is InChI=1S/C21H18N8/c22-13-15-14-24-29(18-9-3-4-10-23-18)20(15)27-19-21(28-11-5-6-12-28)26-17-8-2-1-7-16(17)25-19/h1-4,7-10,14H,5-6,11-12H2,(H,25,27). The monoisotopic (exact) mass is 382 g/mol. The number of para-hydroxylation sites is 2. The molecule has 8 nitrogen and oxygen atoms in total. The van der Waals surface area contributed by atoms with Crippen molar-refractivity contribution >= 4 is 28.5 Å². The molecule has 0 bridgehead atoms. The summed E-state index contributed by atoms with van der Waals surface area (Å²) in [4.78, 5) is 16.3. The fourth-order valence-electron chi connectivity index (χ4n) is 3.54. The molecule has 4 heterocycles. The number of aromatic nitrogens is 5. The Bertz CT molecular complexity index is 1200. The molecular weight excluding hydrogens is 364 g/mol. The number of rotatable bonds is 4. The van der Waals surface area contributed by atoms with Gasteiger partial charge in [-0.25, -0.2) is 15.0 Å². The average molecular weight is 382 g/mol. The molecule has 1 saturated heterocycles. The number of anilines is 3. The summed E-state index contributed by atoms with van der Waals surface area (Å²) in [5.41, 5.74) is 2.05. The minimum Gasteiger partial charge on any atom is -0.354 e. The lowest BCUT2D eigenvalue weighted by atomic mass is 10.3. The number of nitrogens with zero attached hydrogens (tertiary/aromatic N) is 7. The molecule has 0 unspecified atom stereocenters. The first-order valence-electron chi connectivity index (χ1n) is 9.52. The predicted octanol–water partition coefficient (Wildman–Crippen LogP) is 3.43. The Hall–Kier alpha value is -3.99. The highest BCUT2D eigenvalue weighted by atomic mass is 15.4. The lowest BCUT2D eigenvalue weighted by molar-refractivity contribution is 0.852. The van der Waals surface area contributed by atoms with Crippen LogP contribution in [-0.4, -0.2) is 37.8 Å². The van der Waals surface area contributed by atoms with E-state index in [1.54, 1.807) is 10.9 Å². The van der Waals surface area contributed by atoms with Crippen LogP contribution in [-0.2, 0) is 0 Å².